The summed E-state index contributed by atoms with van der Waals surface area (Å²) in [4.78, 5) is 14.7. The Bertz CT molecular complexity index is 1010. The van der Waals surface area contributed by atoms with E-state index < -0.39 is 21.7 Å². The van der Waals surface area contributed by atoms with E-state index in [-0.39, 0.29) is 34.5 Å². The summed E-state index contributed by atoms with van der Waals surface area (Å²) in [5.41, 5.74) is 2.33. The molecule has 0 unspecified atom stereocenters. The number of carbonyl (C=O) groups excluding carboxylic acids is 1. The van der Waals surface area contributed by atoms with Gasteiger partial charge in [-0.3, -0.25) is 4.79 Å². The number of piperazine rings is 1. The zero-order valence-corrected chi connectivity index (χ0v) is 18.8. The molecule has 1 heterocycles. The molecule has 0 aromatic heterocycles. The minimum absolute atomic E-state index is 0.0903. The molecule has 1 N–H and O–H groups in total. The molecular formula is C21H25F2N3O3S2. The number of benzene rings is 2. The lowest BCUT2D eigenvalue weighted by Crippen LogP contribution is -2.50. The van der Waals surface area contributed by atoms with Crippen LogP contribution in [0.1, 0.15) is 15.9 Å². The van der Waals surface area contributed by atoms with Crippen LogP contribution in [0.2, 0.25) is 0 Å². The van der Waals surface area contributed by atoms with Crippen LogP contribution in [0.15, 0.2) is 53.4 Å². The molecule has 0 radical (unpaired) electrons. The molecule has 0 atom stereocenters. The normalized spacial score (nSPS) is 15.3. The van der Waals surface area contributed by atoms with Gasteiger partial charge in [0.15, 0.2) is 0 Å². The number of hydrogen-bond donors (Lipinski definition) is 1. The molecule has 1 aliphatic heterocycles. The maximum Gasteiger partial charge on any atom is 0.288 e. The average Bonchev–Trinajstić information content (AvgIpc) is 2.73. The van der Waals surface area contributed by atoms with E-state index in [9.17, 15) is 22.0 Å². The topological polar surface area (TPSA) is 69.7 Å². The molecule has 1 aliphatic rings. The van der Waals surface area contributed by atoms with Gasteiger partial charge in [0.1, 0.15) is 0 Å². The molecule has 1 amide bonds. The summed E-state index contributed by atoms with van der Waals surface area (Å²) in [5, 5.41) is 2.54. The number of alkyl halides is 2. The number of hydrogen-bond acceptors (Lipinski definition) is 5. The lowest BCUT2D eigenvalue weighted by Gasteiger charge is -2.35. The highest BCUT2D eigenvalue weighted by Gasteiger charge is 2.27. The van der Waals surface area contributed by atoms with Crippen LogP contribution in [0.4, 0.5) is 14.5 Å². The summed E-state index contributed by atoms with van der Waals surface area (Å²) in [5.74, 6) is -3.45. The summed E-state index contributed by atoms with van der Waals surface area (Å²) in [7, 11) is -3.54. The first kappa shape index (κ1) is 23.5. The molecule has 1 saturated heterocycles. The van der Waals surface area contributed by atoms with Gasteiger partial charge in [-0.1, -0.05) is 36.0 Å². The first-order valence-corrected chi connectivity index (χ1v) is 12.4. The zero-order valence-electron chi connectivity index (χ0n) is 17.1. The molecule has 31 heavy (non-hydrogen) atoms. The smallest absolute Gasteiger partial charge is 0.288 e. The van der Waals surface area contributed by atoms with Crippen molar-refractivity contribution < 1.29 is 22.0 Å². The van der Waals surface area contributed by atoms with E-state index in [1.54, 1.807) is 12.1 Å². The van der Waals surface area contributed by atoms with Crippen LogP contribution in [0.5, 0.6) is 0 Å². The van der Waals surface area contributed by atoms with E-state index in [2.05, 4.69) is 16.3 Å². The van der Waals surface area contributed by atoms with Crippen molar-refractivity contribution in [1.29, 1.82) is 0 Å². The average molecular weight is 470 g/mol. The Morgan fingerprint density at radius 2 is 1.81 bits per heavy atom. The summed E-state index contributed by atoms with van der Waals surface area (Å²) in [6, 6.07) is 14.1. The van der Waals surface area contributed by atoms with Crippen LogP contribution >= 0.6 is 11.8 Å². The quantitative estimate of drug-likeness (QED) is 0.602. The van der Waals surface area contributed by atoms with Crippen molar-refractivity contribution in [2.45, 2.75) is 17.6 Å². The summed E-state index contributed by atoms with van der Waals surface area (Å²) >= 11 is 0.289. The van der Waals surface area contributed by atoms with Gasteiger partial charge < -0.3 is 10.2 Å². The van der Waals surface area contributed by atoms with Crippen molar-refractivity contribution in [3.63, 3.8) is 0 Å². The fourth-order valence-corrected chi connectivity index (χ4v) is 5.39. The number of amides is 1. The Balaban J connectivity index is 1.51. The summed E-state index contributed by atoms with van der Waals surface area (Å²) in [6.07, 6.45) is 0. The number of carbonyl (C=O) groups is 1. The van der Waals surface area contributed by atoms with Crippen molar-refractivity contribution in [2.24, 2.45) is 0 Å². The van der Waals surface area contributed by atoms with Crippen LogP contribution in [0.3, 0.4) is 0 Å². The maximum absolute atomic E-state index is 12.7. The number of nitrogens with one attached hydrogen (secondary N) is 1. The number of sulfonamides is 1. The van der Waals surface area contributed by atoms with E-state index in [1.165, 1.54) is 16.4 Å². The highest BCUT2D eigenvalue weighted by atomic mass is 32.2. The van der Waals surface area contributed by atoms with E-state index in [0.717, 1.165) is 11.3 Å². The lowest BCUT2D eigenvalue weighted by atomic mass is 10.2. The molecule has 0 saturated carbocycles. The summed E-state index contributed by atoms with van der Waals surface area (Å²) < 4.78 is 52.1. The number of rotatable bonds is 8. The van der Waals surface area contributed by atoms with E-state index in [4.69, 9.17) is 0 Å². The van der Waals surface area contributed by atoms with Gasteiger partial charge in [-0.2, -0.15) is 13.1 Å². The molecule has 1 fully saturated rings. The minimum Gasteiger partial charge on any atom is -0.369 e. The number of anilines is 1. The third-order valence-electron chi connectivity index (χ3n) is 4.99. The predicted octanol–water partition coefficient (Wildman–Crippen LogP) is 3.19. The number of thioether (sulfide) groups is 1. The molecule has 168 valence electrons. The maximum atomic E-state index is 12.7. The third kappa shape index (κ3) is 6.41. The first-order chi connectivity index (χ1) is 14.8. The molecule has 2 aromatic carbocycles. The molecule has 3 rings (SSSR count). The van der Waals surface area contributed by atoms with Crippen molar-refractivity contribution in [3.8, 4) is 0 Å². The SMILES string of the molecule is Cc1cccc(N2CCN(S(=O)(=O)CCNC(=O)c3ccccc3SC(F)F)CC2)c1. The molecule has 0 bridgehead atoms. The van der Waals surface area contributed by atoms with Gasteiger partial charge in [-0.25, -0.2) is 8.42 Å². The van der Waals surface area contributed by atoms with Gasteiger partial charge in [-0.05, 0) is 36.8 Å². The Kier molecular flexibility index (Phi) is 7.90. The highest BCUT2D eigenvalue weighted by Crippen LogP contribution is 2.28. The monoisotopic (exact) mass is 469 g/mol. The van der Waals surface area contributed by atoms with Gasteiger partial charge >= 0.3 is 0 Å². The molecule has 2 aromatic rings. The van der Waals surface area contributed by atoms with Crippen LogP contribution in [0.25, 0.3) is 0 Å². The second-order valence-corrected chi connectivity index (χ2v) is 10.3. The van der Waals surface area contributed by atoms with Crippen molar-refractivity contribution in [2.75, 3.05) is 43.4 Å². The highest BCUT2D eigenvalue weighted by molar-refractivity contribution is 7.99. The van der Waals surface area contributed by atoms with Crippen LogP contribution in [-0.4, -0.2) is 62.9 Å². The molecule has 6 nitrogen and oxygen atoms in total. The predicted molar refractivity (Wildman–Crippen MR) is 119 cm³/mol. The molecule has 0 spiro atoms. The molecular weight excluding hydrogens is 444 g/mol. The fourth-order valence-electron chi connectivity index (χ4n) is 3.42. The standard InChI is InChI=1S/C21H25F2N3O3S2/c1-16-5-4-6-17(15-16)25-10-12-26(13-11-25)31(28,29)14-9-24-20(27)18-7-2-3-8-19(18)30-21(22)23/h2-8,15,21H,9-14H2,1H3,(H,24,27). The van der Waals surface area contributed by atoms with Gasteiger partial charge in [0.25, 0.3) is 11.7 Å². The van der Waals surface area contributed by atoms with Crippen LogP contribution in [-0.2, 0) is 10.0 Å². The van der Waals surface area contributed by atoms with E-state index in [1.807, 2.05) is 25.1 Å². The zero-order chi connectivity index (χ0) is 22.4. The van der Waals surface area contributed by atoms with Gasteiger partial charge in [0.2, 0.25) is 10.0 Å². The Morgan fingerprint density at radius 3 is 2.48 bits per heavy atom. The number of halogens is 2. The third-order valence-corrected chi connectivity index (χ3v) is 7.65. The van der Waals surface area contributed by atoms with Crippen LogP contribution in [0, 0.1) is 6.92 Å². The Hall–Kier alpha value is -2.17. The molecule has 10 heteroatoms. The van der Waals surface area contributed by atoms with Crippen LogP contribution < -0.4 is 10.2 Å². The van der Waals surface area contributed by atoms with Gasteiger partial charge in [-0.15, -0.1) is 0 Å². The lowest BCUT2D eigenvalue weighted by molar-refractivity contribution is 0.0953. The minimum atomic E-state index is -3.54. The Labute approximate surface area is 185 Å². The second-order valence-electron chi connectivity index (χ2n) is 7.17. The van der Waals surface area contributed by atoms with Gasteiger partial charge in [0.05, 0.1) is 11.3 Å². The molecule has 0 aliphatic carbocycles. The van der Waals surface area contributed by atoms with Crippen molar-refractivity contribution in [1.82, 2.24) is 9.62 Å². The number of aryl methyl sites for hydroxylation is 1. The van der Waals surface area contributed by atoms with E-state index in [0.29, 0.717) is 26.2 Å². The van der Waals surface area contributed by atoms with E-state index >= 15 is 0 Å². The summed E-state index contributed by atoms with van der Waals surface area (Å²) in [6.45, 7) is 3.85. The fraction of sp³-hybridized carbons (Fsp3) is 0.381. The van der Waals surface area contributed by atoms with Gasteiger partial charge in [0, 0.05) is 43.3 Å². The van der Waals surface area contributed by atoms with Crippen molar-refractivity contribution >= 4 is 33.4 Å². The second kappa shape index (κ2) is 10.4. The first-order valence-electron chi connectivity index (χ1n) is 9.88. The van der Waals surface area contributed by atoms with Crippen molar-refractivity contribution in [3.05, 3.63) is 59.7 Å². The number of nitrogens with zero attached hydrogens (tertiary/aromatic N) is 2. The Morgan fingerprint density at radius 1 is 1.10 bits per heavy atom. The largest absolute Gasteiger partial charge is 0.369 e.